The highest BCUT2D eigenvalue weighted by atomic mass is 15.0. The molecule has 1 aromatic carbocycles. The molecule has 0 unspecified atom stereocenters. The minimum atomic E-state index is 0.162. The Kier molecular flexibility index (Phi) is 2.36. The second-order valence-electron chi connectivity index (χ2n) is 4.69. The minimum absolute atomic E-state index is 0.162. The molecule has 2 rings (SSSR count). The second-order valence-corrected chi connectivity index (χ2v) is 4.69. The molecule has 0 radical (unpaired) electrons. The molecule has 0 saturated heterocycles. The molecule has 0 aromatic heterocycles. The normalized spacial score (nSPS) is 26.3. The Bertz CT molecular complexity index is 330. The van der Waals surface area contributed by atoms with Gasteiger partial charge in [-0.05, 0) is 30.4 Å². The molecule has 1 N–H and O–H groups in total. The van der Waals surface area contributed by atoms with E-state index in [2.05, 4.69) is 50.4 Å². The maximum Gasteiger partial charge on any atom is 0.0432 e. The van der Waals surface area contributed by atoms with Crippen LogP contribution in [0, 0.1) is 5.92 Å². The zero-order valence-electron chi connectivity index (χ0n) is 9.30. The summed E-state index contributed by atoms with van der Waals surface area (Å²) in [6.45, 7) is 7.99. The molecule has 0 spiro atoms. The van der Waals surface area contributed by atoms with Crippen LogP contribution in [0.4, 0.5) is 0 Å². The number of hydrogen-bond donors (Lipinski definition) is 1. The zero-order valence-corrected chi connectivity index (χ0v) is 9.30. The van der Waals surface area contributed by atoms with Crippen LogP contribution in [-0.2, 0) is 12.0 Å². The molecule has 76 valence electrons. The molecule has 14 heavy (non-hydrogen) atoms. The first kappa shape index (κ1) is 9.72. The van der Waals surface area contributed by atoms with Crippen molar-refractivity contribution in [2.24, 2.45) is 5.92 Å². The first-order valence-electron chi connectivity index (χ1n) is 5.48. The standard InChI is InChI=1S/C13H19N/c1-10(2)13(3)12-7-5-4-6-11(12)8-9-14-13/h4-7,10,14H,8-9H2,1-3H3/t13-/m1/s1. The van der Waals surface area contributed by atoms with Crippen molar-refractivity contribution >= 4 is 0 Å². The van der Waals surface area contributed by atoms with Crippen molar-refractivity contribution in [2.75, 3.05) is 6.54 Å². The maximum atomic E-state index is 3.65. The number of fused-ring (bicyclic) bond motifs is 1. The first-order chi connectivity index (χ1) is 6.64. The second kappa shape index (κ2) is 3.39. The Hall–Kier alpha value is -0.820. The van der Waals surface area contributed by atoms with Crippen LogP contribution >= 0.6 is 0 Å². The van der Waals surface area contributed by atoms with Crippen LogP contribution in [0.3, 0.4) is 0 Å². The van der Waals surface area contributed by atoms with Gasteiger partial charge in [0.25, 0.3) is 0 Å². The fraction of sp³-hybridized carbons (Fsp3) is 0.538. The van der Waals surface area contributed by atoms with E-state index in [4.69, 9.17) is 0 Å². The van der Waals surface area contributed by atoms with Crippen molar-refractivity contribution in [1.82, 2.24) is 5.32 Å². The van der Waals surface area contributed by atoms with Crippen LogP contribution in [0.2, 0.25) is 0 Å². The highest BCUT2D eigenvalue weighted by Crippen LogP contribution is 2.34. The van der Waals surface area contributed by atoms with E-state index in [0.717, 1.165) is 6.54 Å². The molecule has 1 aliphatic heterocycles. The molecule has 1 aliphatic rings. The summed E-state index contributed by atoms with van der Waals surface area (Å²) in [6, 6.07) is 8.82. The Balaban J connectivity index is 2.50. The molecule has 0 amide bonds. The van der Waals surface area contributed by atoms with Gasteiger partial charge in [-0.15, -0.1) is 0 Å². The SMILES string of the molecule is CC(C)[C@@]1(C)NCCc2ccccc21. The van der Waals surface area contributed by atoms with Gasteiger partial charge in [0, 0.05) is 12.1 Å². The molecule has 1 heterocycles. The average Bonchev–Trinajstić information content (AvgIpc) is 2.18. The number of nitrogens with one attached hydrogen (secondary N) is 1. The topological polar surface area (TPSA) is 12.0 Å². The number of rotatable bonds is 1. The third-order valence-corrected chi connectivity index (χ3v) is 3.62. The van der Waals surface area contributed by atoms with Gasteiger partial charge < -0.3 is 5.32 Å². The van der Waals surface area contributed by atoms with E-state index in [1.165, 1.54) is 17.5 Å². The summed E-state index contributed by atoms with van der Waals surface area (Å²) in [5.74, 6) is 0.629. The Morgan fingerprint density at radius 1 is 1.29 bits per heavy atom. The van der Waals surface area contributed by atoms with Crippen LogP contribution in [0.25, 0.3) is 0 Å². The van der Waals surface area contributed by atoms with Crippen LogP contribution < -0.4 is 5.32 Å². The number of hydrogen-bond acceptors (Lipinski definition) is 1. The quantitative estimate of drug-likeness (QED) is 0.716. The summed E-state index contributed by atoms with van der Waals surface area (Å²) in [4.78, 5) is 0. The first-order valence-corrected chi connectivity index (χ1v) is 5.48. The van der Waals surface area contributed by atoms with Crippen molar-refractivity contribution in [1.29, 1.82) is 0 Å². The predicted molar refractivity (Wildman–Crippen MR) is 60.3 cm³/mol. The molecule has 0 fully saturated rings. The summed E-state index contributed by atoms with van der Waals surface area (Å²) >= 11 is 0. The van der Waals surface area contributed by atoms with Crippen LogP contribution in [0.1, 0.15) is 31.9 Å². The van der Waals surface area contributed by atoms with E-state index >= 15 is 0 Å². The lowest BCUT2D eigenvalue weighted by atomic mass is 9.76. The lowest BCUT2D eigenvalue weighted by Crippen LogP contribution is -2.48. The molecule has 1 atom stereocenters. The van der Waals surface area contributed by atoms with Gasteiger partial charge in [-0.2, -0.15) is 0 Å². The fourth-order valence-corrected chi connectivity index (χ4v) is 2.31. The smallest absolute Gasteiger partial charge is 0.0432 e. The summed E-state index contributed by atoms with van der Waals surface area (Å²) in [7, 11) is 0. The van der Waals surface area contributed by atoms with E-state index < -0.39 is 0 Å². The molecular weight excluding hydrogens is 170 g/mol. The third-order valence-electron chi connectivity index (χ3n) is 3.62. The van der Waals surface area contributed by atoms with Crippen molar-refractivity contribution in [2.45, 2.75) is 32.7 Å². The van der Waals surface area contributed by atoms with E-state index in [0.29, 0.717) is 5.92 Å². The molecular formula is C13H19N. The van der Waals surface area contributed by atoms with Gasteiger partial charge in [0.2, 0.25) is 0 Å². The van der Waals surface area contributed by atoms with Gasteiger partial charge in [-0.1, -0.05) is 38.1 Å². The van der Waals surface area contributed by atoms with E-state index in [1.807, 2.05) is 0 Å². The van der Waals surface area contributed by atoms with Crippen molar-refractivity contribution in [3.05, 3.63) is 35.4 Å². The summed E-state index contributed by atoms with van der Waals surface area (Å²) in [6.07, 6.45) is 1.17. The summed E-state index contributed by atoms with van der Waals surface area (Å²) in [5.41, 5.74) is 3.16. The molecule has 0 saturated carbocycles. The Morgan fingerprint density at radius 3 is 2.71 bits per heavy atom. The van der Waals surface area contributed by atoms with Gasteiger partial charge in [0.15, 0.2) is 0 Å². The monoisotopic (exact) mass is 189 g/mol. The van der Waals surface area contributed by atoms with Gasteiger partial charge in [0.05, 0.1) is 0 Å². The molecule has 1 aromatic rings. The van der Waals surface area contributed by atoms with Crippen LogP contribution in [0.15, 0.2) is 24.3 Å². The largest absolute Gasteiger partial charge is 0.307 e. The Labute approximate surface area is 86.5 Å². The predicted octanol–water partition coefficient (Wildman–Crippen LogP) is 2.70. The highest BCUT2D eigenvalue weighted by Gasteiger charge is 2.33. The van der Waals surface area contributed by atoms with Gasteiger partial charge >= 0.3 is 0 Å². The highest BCUT2D eigenvalue weighted by molar-refractivity contribution is 5.36. The zero-order chi connectivity index (χ0) is 10.2. The van der Waals surface area contributed by atoms with Crippen LogP contribution in [-0.4, -0.2) is 6.54 Å². The maximum absolute atomic E-state index is 3.65. The van der Waals surface area contributed by atoms with Gasteiger partial charge in [-0.25, -0.2) is 0 Å². The van der Waals surface area contributed by atoms with E-state index in [-0.39, 0.29) is 5.54 Å². The minimum Gasteiger partial charge on any atom is -0.307 e. The summed E-state index contributed by atoms with van der Waals surface area (Å²) < 4.78 is 0. The molecule has 0 bridgehead atoms. The van der Waals surface area contributed by atoms with E-state index in [9.17, 15) is 0 Å². The molecule has 1 heteroatoms. The fourth-order valence-electron chi connectivity index (χ4n) is 2.31. The number of benzene rings is 1. The molecule has 1 nitrogen and oxygen atoms in total. The average molecular weight is 189 g/mol. The summed E-state index contributed by atoms with van der Waals surface area (Å²) in [5, 5.41) is 3.65. The van der Waals surface area contributed by atoms with Gasteiger partial charge in [0.1, 0.15) is 0 Å². The van der Waals surface area contributed by atoms with Crippen molar-refractivity contribution in [3.63, 3.8) is 0 Å². The molecule has 0 aliphatic carbocycles. The Morgan fingerprint density at radius 2 is 2.00 bits per heavy atom. The lowest BCUT2D eigenvalue weighted by Gasteiger charge is -2.40. The van der Waals surface area contributed by atoms with Crippen LogP contribution in [0.5, 0.6) is 0 Å². The van der Waals surface area contributed by atoms with E-state index in [1.54, 1.807) is 0 Å². The van der Waals surface area contributed by atoms with Gasteiger partial charge in [-0.3, -0.25) is 0 Å². The lowest BCUT2D eigenvalue weighted by molar-refractivity contribution is 0.252. The van der Waals surface area contributed by atoms with Crippen molar-refractivity contribution < 1.29 is 0 Å². The third kappa shape index (κ3) is 1.36. The van der Waals surface area contributed by atoms with Crippen molar-refractivity contribution in [3.8, 4) is 0 Å².